The van der Waals surface area contributed by atoms with Crippen LogP contribution in [-0.2, 0) is 14.4 Å². The number of imide groups is 1. The molecule has 0 radical (unpaired) electrons. The highest BCUT2D eigenvalue weighted by atomic mass is 35.5. The summed E-state index contributed by atoms with van der Waals surface area (Å²) >= 11 is 6.09. The smallest absolute Gasteiger partial charge is 0.263 e. The zero-order valence-corrected chi connectivity index (χ0v) is 17.5. The molecule has 0 spiro atoms. The summed E-state index contributed by atoms with van der Waals surface area (Å²) in [4.78, 5) is 39.6. The highest BCUT2D eigenvalue weighted by molar-refractivity contribution is 6.31. The van der Waals surface area contributed by atoms with E-state index in [4.69, 9.17) is 11.6 Å². The Labute approximate surface area is 178 Å². The van der Waals surface area contributed by atoms with Crippen molar-refractivity contribution in [1.29, 1.82) is 0 Å². The average Bonchev–Trinajstić information content (AvgIpc) is 3.18. The number of anilines is 2. The van der Waals surface area contributed by atoms with Gasteiger partial charge in [0.05, 0.1) is 5.69 Å². The maximum absolute atomic E-state index is 13.1. The summed E-state index contributed by atoms with van der Waals surface area (Å²) in [6, 6.07) is 8.85. The van der Waals surface area contributed by atoms with Crippen LogP contribution in [0, 0.1) is 20.8 Å². The standard InChI is InChI=1S/C21H20ClN5O3/c1-11-7-12(2)9-14(8-11)27-20(29)18-19(21(27)30)26(25-24-18)10-17(28)23-16-6-4-5-15(22)13(16)3/h4-9,18-19H,10H2,1-3H3,(H,23,28)/t18-,19+/m0/s1. The first-order valence-corrected chi connectivity index (χ1v) is 9.82. The number of carbonyl (C=O) groups is 3. The monoisotopic (exact) mass is 425 g/mol. The molecule has 1 fully saturated rings. The second-order valence-electron chi connectivity index (χ2n) is 7.51. The molecular weight excluding hydrogens is 406 g/mol. The van der Waals surface area contributed by atoms with Crippen LogP contribution in [0.15, 0.2) is 46.7 Å². The molecule has 0 saturated carbocycles. The van der Waals surface area contributed by atoms with Crippen LogP contribution >= 0.6 is 11.6 Å². The van der Waals surface area contributed by atoms with E-state index in [9.17, 15) is 14.4 Å². The van der Waals surface area contributed by atoms with Gasteiger partial charge < -0.3 is 5.32 Å². The number of amides is 3. The van der Waals surface area contributed by atoms with Gasteiger partial charge in [-0.15, -0.1) is 0 Å². The highest BCUT2D eigenvalue weighted by Crippen LogP contribution is 2.32. The number of halogens is 1. The summed E-state index contributed by atoms with van der Waals surface area (Å²) in [5.74, 6) is -1.26. The molecule has 2 heterocycles. The summed E-state index contributed by atoms with van der Waals surface area (Å²) in [5, 5.41) is 12.4. The molecular formula is C21H20ClN5O3. The molecule has 2 aliphatic rings. The summed E-state index contributed by atoms with van der Waals surface area (Å²) in [6.07, 6.45) is 0. The molecule has 2 aliphatic heterocycles. The number of hydrogen-bond donors (Lipinski definition) is 1. The zero-order chi connectivity index (χ0) is 21.6. The van der Waals surface area contributed by atoms with Gasteiger partial charge >= 0.3 is 0 Å². The molecule has 0 aromatic heterocycles. The normalized spacial score (nSPS) is 20.1. The molecule has 8 nitrogen and oxygen atoms in total. The molecule has 4 rings (SSSR count). The van der Waals surface area contributed by atoms with Crippen LogP contribution in [-0.4, -0.2) is 41.4 Å². The van der Waals surface area contributed by atoms with E-state index in [0.29, 0.717) is 16.4 Å². The number of nitrogens with zero attached hydrogens (tertiary/aromatic N) is 4. The lowest BCUT2D eigenvalue weighted by Crippen LogP contribution is -2.43. The Bertz CT molecular complexity index is 1080. The van der Waals surface area contributed by atoms with E-state index >= 15 is 0 Å². The van der Waals surface area contributed by atoms with Crippen LogP contribution in [0.5, 0.6) is 0 Å². The average molecular weight is 426 g/mol. The Balaban J connectivity index is 1.52. The van der Waals surface area contributed by atoms with Crippen LogP contribution in [0.3, 0.4) is 0 Å². The van der Waals surface area contributed by atoms with Crippen molar-refractivity contribution in [2.75, 3.05) is 16.8 Å². The van der Waals surface area contributed by atoms with Crippen molar-refractivity contribution in [3.63, 3.8) is 0 Å². The first-order chi connectivity index (χ1) is 14.3. The van der Waals surface area contributed by atoms with E-state index in [-0.39, 0.29) is 12.5 Å². The molecule has 0 unspecified atom stereocenters. The molecule has 9 heteroatoms. The predicted octanol–water partition coefficient (Wildman–Crippen LogP) is 3.20. The molecule has 2 atom stereocenters. The molecule has 2 aromatic carbocycles. The Morgan fingerprint density at radius 1 is 1.10 bits per heavy atom. The summed E-state index contributed by atoms with van der Waals surface area (Å²) in [5.41, 5.74) is 3.70. The molecule has 0 aliphatic carbocycles. The zero-order valence-electron chi connectivity index (χ0n) is 16.7. The molecule has 30 heavy (non-hydrogen) atoms. The number of carbonyl (C=O) groups excluding carboxylic acids is 3. The number of nitrogens with one attached hydrogen (secondary N) is 1. The van der Waals surface area contributed by atoms with Crippen LogP contribution in [0.1, 0.15) is 16.7 Å². The van der Waals surface area contributed by atoms with Crippen molar-refractivity contribution in [2.45, 2.75) is 32.9 Å². The Kier molecular flexibility index (Phi) is 5.03. The quantitative estimate of drug-likeness (QED) is 0.761. The second-order valence-corrected chi connectivity index (χ2v) is 7.92. The second kappa shape index (κ2) is 7.53. The van der Waals surface area contributed by atoms with E-state index < -0.39 is 23.9 Å². The van der Waals surface area contributed by atoms with E-state index in [2.05, 4.69) is 15.7 Å². The van der Waals surface area contributed by atoms with Gasteiger partial charge in [-0.3, -0.25) is 19.4 Å². The molecule has 154 valence electrons. The van der Waals surface area contributed by atoms with E-state index in [1.165, 1.54) is 5.01 Å². The fourth-order valence-corrected chi connectivity index (χ4v) is 3.94. The minimum Gasteiger partial charge on any atom is -0.324 e. The lowest BCUT2D eigenvalue weighted by Gasteiger charge is -2.21. The predicted molar refractivity (Wildman–Crippen MR) is 112 cm³/mol. The van der Waals surface area contributed by atoms with Gasteiger partial charge in [0.1, 0.15) is 6.54 Å². The van der Waals surface area contributed by atoms with Crippen molar-refractivity contribution in [3.8, 4) is 0 Å². The first kappa shape index (κ1) is 20.0. The number of fused-ring (bicyclic) bond motifs is 1. The van der Waals surface area contributed by atoms with Crippen LogP contribution in [0.25, 0.3) is 0 Å². The van der Waals surface area contributed by atoms with Gasteiger partial charge in [0.15, 0.2) is 12.1 Å². The van der Waals surface area contributed by atoms with Crippen molar-refractivity contribution >= 4 is 40.7 Å². The lowest BCUT2D eigenvalue weighted by molar-refractivity contribution is -0.123. The Hall–Kier alpha value is -3.26. The van der Waals surface area contributed by atoms with Crippen LogP contribution in [0.4, 0.5) is 11.4 Å². The fourth-order valence-electron chi connectivity index (χ4n) is 3.77. The largest absolute Gasteiger partial charge is 0.324 e. The molecule has 3 amide bonds. The first-order valence-electron chi connectivity index (χ1n) is 9.45. The molecule has 2 aromatic rings. The van der Waals surface area contributed by atoms with Gasteiger partial charge in [0.2, 0.25) is 5.91 Å². The van der Waals surface area contributed by atoms with Gasteiger partial charge in [0.25, 0.3) is 11.8 Å². The lowest BCUT2D eigenvalue weighted by atomic mass is 10.1. The van der Waals surface area contributed by atoms with Crippen molar-refractivity contribution < 1.29 is 14.4 Å². The van der Waals surface area contributed by atoms with Gasteiger partial charge in [-0.05, 0) is 61.7 Å². The Morgan fingerprint density at radius 2 is 1.80 bits per heavy atom. The summed E-state index contributed by atoms with van der Waals surface area (Å²) in [6.45, 7) is 5.38. The maximum atomic E-state index is 13.1. The minimum atomic E-state index is -0.945. The van der Waals surface area contributed by atoms with Crippen molar-refractivity contribution in [1.82, 2.24) is 5.01 Å². The van der Waals surface area contributed by atoms with Gasteiger partial charge in [-0.1, -0.05) is 29.0 Å². The summed E-state index contributed by atoms with van der Waals surface area (Å²) in [7, 11) is 0. The van der Waals surface area contributed by atoms with Gasteiger partial charge in [0, 0.05) is 10.7 Å². The van der Waals surface area contributed by atoms with E-state index in [0.717, 1.165) is 21.6 Å². The van der Waals surface area contributed by atoms with Crippen molar-refractivity contribution in [2.24, 2.45) is 10.3 Å². The molecule has 1 N–H and O–H groups in total. The fraction of sp³-hybridized carbons (Fsp3) is 0.286. The third-order valence-corrected chi connectivity index (χ3v) is 5.58. The summed E-state index contributed by atoms with van der Waals surface area (Å²) < 4.78 is 0. The third-order valence-electron chi connectivity index (χ3n) is 5.17. The van der Waals surface area contributed by atoms with Crippen LogP contribution in [0.2, 0.25) is 5.02 Å². The third kappa shape index (κ3) is 3.43. The van der Waals surface area contributed by atoms with Crippen LogP contribution < -0.4 is 10.2 Å². The molecule has 0 bridgehead atoms. The topological polar surface area (TPSA) is 94.4 Å². The van der Waals surface area contributed by atoms with Gasteiger partial charge in [-0.25, -0.2) is 4.90 Å². The number of rotatable bonds is 4. The van der Waals surface area contributed by atoms with E-state index in [1.807, 2.05) is 19.9 Å². The van der Waals surface area contributed by atoms with Crippen molar-refractivity contribution in [3.05, 3.63) is 58.1 Å². The molecule has 1 saturated heterocycles. The number of hydrogen-bond acceptors (Lipinski definition) is 6. The number of aryl methyl sites for hydroxylation is 2. The Morgan fingerprint density at radius 3 is 2.50 bits per heavy atom. The highest BCUT2D eigenvalue weighted by Gasteiger charge is 2.55. The minimum absolute atomic E-state index is 0.212. The SMILES string of the molecule is Cc1cc(C)cc(N2C(=O)[C@H]3N=NN(CC(=O)Nc4cccc(Cl)c4C)[C@H]3C2=O)c1. The maximum Gasteiger partial charge on any atom is 0.263 e. The van der Waals surface area contributed by atoms with E-state index in [1.54, 1.807) is 37.3 Å². The van der Waals surface area contributed by atoms with Gasteiger partial charge in [-0.2, -0.15) is 5.11 Å². The number of benzene rings is 2.